The number of hydrazone groups is 1. The Morgan fingerprint density at radius 2 is 2.00 bits per heavy atom. The minimum atomic E-state index is -0.484. The van der Waals surface area contributed by atoms with Crippen LogP contribution >= 0.6 is 0 Å². The maximum atomic E-state index is 12.5. The number of amides is 2. The number of benzene rings is 2. The quantitative estimate of drug-likeness (QED) is 0.631. The van der Waals surface area contributed by atoms with Gasteiger partial charge in [0.25, 0.3) is 5.89 Å². The highest BCUT2D eigenvalue weighted by atomic mass is 16.7. The Kier molecular flexibility index (Phi) is 5.16. The molecule has 0 saturated carbocycles. The minimum Gasteiger partial charge on any atom is -0.454 e. The van der Waals surface area contributed by atoms with Gasteiger partial charge in [0.05, 0.1) is 11.3 Å². The molecule has 33 heavy (non-hydrogen) atoms. The molecule has 0 aliphatic carbocycles. The molecule has 0 saturated heterocycles. The molecule has 2 amide bonds. The van der Waals surface area contributed by atoms with Crippen molar-refractivity contribution in [1.82, 2.24) is 15.1 Å². The van der Waals surface area contributed by atoms with Crippen molar-refractivity contribution in [2.45, 2.75) is 12.8 Å². The molecule has 11 nitrogen and oxygen atoms in total. The zero-order chi connectivity index (χ0) is 22.8. The van der Waals surface area contributed by atoms with Crippen LogP contribution in [0.25, 0.3) is 11.4 Å². The van der Waals surface area contributed by atoms with E-state index < -0.39 is 5.91 Å². The number of carbonyl (C=O) groups excluding carboxylic acids is 2. The van der Waals surface area contributed by atoms with Gasteiger partial charge in [0.15, 0.2) is 11.5 Å². The number of anilines is 1. The van der Waals surface area contributed by atoms with Gasteiger partial charge in [-0.3, -0.25) is 9.59 Å². The minimum absolute atomic E-state index is 0.142. The number of aromatic nitrogens is 2. The van der Waals surface area contributed by atoms with Crippen molar-refractivity contribution in [3.63, 3.8) is 0 Å². The second kappa shape index (κ2) is 8.43. The smallest absolute Gasteiger partial charge is 0.274 e. The maximum Gasteiger partial charge on any atom is 0.274 e. The van der Waals surface area contributed by atoms with E-state index in [4.69, 9.17) is 19.3 Å². The van der Waals surface area contributed by atoms with Gasteiger partial charge in [-0.15, -0.1) is 0 Å². The van der Waals surface area contributed by atoms with Crippen molar-refractivity contribution in [1.29, 1.82) is 5.26 Å². The van der Waals surface area contributed by atoms with Gasteiger partial charge in [-0.25, -0.2) is 5.01 Å². The Morgan fingerprint density at radius 1 is 1.15 bits per heavy atom. The third-order valence-electron chi connectivity index (χ3n) is 5.02. The van der Waals surface area contributed by atoms with Crippen LogP contribution in [0.1, 0.15) is 24.3 Å². The fourth-order valence-corrected chi connectivity index (χ4v) is 3.39. The lowest BCUT2D eigenvalue weighted by Crippen LogP contribution is -2.38. The van der Waals surface area contributed by atoms with Gasteiger partial charge in [0.1, 0.15) is 18.3 Å². The molecule has 164 valence electrons. The molecular formula is C22H16N6O5. The number of para-hydroxylation sites is 1. The molecule has 11 heteroatoms. The van der Waals surface area contributed by atoms with Crippen LogP contribution in [0.2, 0.25) is 0 Å². The third kappa shape index (κ3) is 4.09. The summed E-state index contributed by atoms with van der Waals surface area (Å²) in [5.41, 5.74) is 1.76. The fourth-order valence-electron chi connectivity index (χ4n) is 3.39. The van der Waals surface area contributed by atoms with Crippen LogP contribution in [0.3, 0.4) is 0 Å². The van der Waals surface area contributed by atoms with Gasteiger partial charge in [-0.2, -0.15) is 15.3 Å². The van der Waals surface area contributed by atoms with E-state index in [2.05, 4.69) is 20.6 Å². The van der Waals surface area contributed by atoms with Gasteiger partial charge in [0.2, 0.25) is 24.4 Å². The van der Waals surface area contributed by atoms with Gasteiger partial charge in [0, 0.05) is 18.4 Å². The molecular weight excluding hydrogens is 428 g/mol. The Balaban J connectivity index is 1.32. The average molecular weight is 444 g/mol. The summed E-state index contributed by atoms with van der Waals surface area (Å²) >= 11 is 0. The zero-order valence-electron chi connectivity index (χ0n) is 17.1. The molecule has 3 aromatic rings. The van der Waals surface area contributed by atoms with E-state index in [1.54, 1.807) is 42.5 Å². The average Bonchev–Trinajstić information content (AvgIpc) is 3.50. The molecule has 1 aromatic heterocycles. The van der Waals surface area contributed by atoms with E-state index in [9.17, 15) is 9.59 Å². The first kappa shape index (κ1) is 20.2. The summed E-state index contributed by atoms with van der Waals surface area (Å²) in [7, 11) is 0. The van der Waals surface area contributed by atoms with Crippen molar-refractivity contribution in [3.8, 4) is 29.0 Å². The van der Waals surface area contributed by atoms with Crippen LogP contribution in [-0.4, -0.2) is 46.0 Å². The van der Waals surface area contributed by atoms with E-state index in [0.29, 0.717) is 46.3 Å². The second-order valence-corrected chi connectivity index (χ2v) is 7.19. The van der Waals surface area contributed by atoms with Crippen molar-refractivity contribution in [2.24, 2.45) is 5.10 Å². The molecule has 5 rings (SSSR count). The highest BCUT2D eigenvalue weighted by Crippen LogP contribution is 2.35. The highest BCUT2D eigenvalue weighted by Gasteiger charge is 2.27. The third-order valence-corrected chi connectivity index (χ3v) is 5.02. The van der Waals surface area contributed by atoms with Crippen LogP contribution in [0.4, 0.5) is 5.69 Å². The number of carbonyl (C=O) groups is 2. The molecule has 2 aliphatic rings. The number of nitrogens with zero attached hydrogens (tertiary/aromatic N) is 5. The molecule has 0 unspecified atom stereocenters. The number of ether oxygens (including phenoxy) is 2. The van der Waals surface area contributed by atoms with Crippen molar-refractivity contribution in [2.75, 3.05) is 18.7 Å². The Labute approximate surface area is 187 Å². The first-order valence-electron chi connectivity index (χ1n) is 10.0. The van der Waals surface area contributed by atoms with Gasteiger partial charge < -0.3 is 19.3 Å². The summed E-state index contributed by atoms with van der Waals surface area (Å²) in [5.74, 6) is 0.940. The molecule has 0 fully saturated rings. The van der Waals surface area contributed by atoms with E-state index >= 15 is 0 Å². The number of rotatable bonds is 5. The van der Waals surface area contributed by atoms with Crippen LogP contribution < -0.4 is 14.8 Å². The lowest BCUT2D eigenvalue weighted by molar-refractivity contribution is -0.135. The Morgan fingerprint density at radius 3 is 2.88 bits per heavy atom. The van der Waals surface area contributed by atoms with Crippen LogP contribution in [0.15, 0.2) is 52.1 Å². The summed E-state index contributed by atoms with van der Waals surface area (Å²) in [6.45, 7) is -0.155. The number of hydrogen-bond donors (Lipinski definition) is 1. The van der Waals surface area contributed by atoms with E-state index in [1.165, 1.54) is 0 Å². The first-order valence-corrected chi connectivity index (χ1v) is 10.0. The van der Waals surface area contributed by atoms with Crippen LogP contribution in [-0.2, 0) is 9.59 Å². The number of fused-ring (bicyclic) bond motifs is 1. The summed E-state index contributed by atoms with van der Waals surface area (Å²) in [5, 5.41) is 21.1. The van der Waals surface area contributed by atoms with Gasteiger partial charge in [-0.1, -0.05) is 17.3 Å². The molecule has 2 aliphatic heterocycles. The Bertz CT molecular complexity index is 1320. The molecule has 0 atom stereocenters. The summed E-state index contributed by atoms with van der Waals surface area (Å²) in [6, 6.07) is 13.9. The normalized spacial score (nSPS) is 14.6. The topological polar surface area (TPSA) is 143 Å². The number of hydrogen-bond acceptors (Lipinski definition) is 9. The monoisotopic (exact) mass is 444 g/mol. The fraction of sp³-hybridized carbons (Fsp3) is 0.182. The largest absolute Gasteiger partial charge is 0.454 e. The van der Waals surface area contributed by atoms with E-state index in [-0.39, 0.29) is 31.6 Å². The zero-order valence-corrected chi connectivity index (χ0v) is 17.1. The number of nitriles is 1. The summed E-state index contributed by atoms with van der Waals surface area (Å²) in [4.78, 5) is 29.2. The SMILES string of the molecule is N#Cc1ccccc1NC(=O)CN1N=C(c2nc(-c3ccc4c(c3)OCO4)no2)CCC1=O. The summed E-state index contributed by atoms with van der Waals surface area (Å²) in [6.07, 6.45) is 0.444. The Hall–Kier alpha value is -4.72. The van der Waals surface area contributed by atoms with E-state index in [0.717, 1.165) is 5.01 Å². The second-order valence-electron chi connectivity index (χ2n) is 7.19. The molecule has 0 radical (unpaired) electrons. The number of nitrogens with one attached hydrogen (secondary N) is 1. The van der Waals surface area contributed by atoms with Crippen molar-refractivity contribution < 1.29 is 23.6 Å². The van der Waals surface area contributed by atoms with Gasteiger partial charge in [-0.05, 0) is 30.3 Å². The molecule has 0 bridgehead atoms. The van der Waals surface area contributed by atoms with E-state index in [1.807, 2.05) is 6.07 Å². The summed E-state index contributed by atoms with van der Waals surface area (Å²) < 4.78 is 16.0. The lowest BCUT2D eigenvalue weighted by Gasteiger charge is -2.21. The van der Waals surface area contributed by atoms with Crippen LogP contribution in [0, 0.1) is 11.3 Å². The predicted molar refractivity (Wildman–Crippen MR) is 113 cm³/mol. The predicted octanol–water partition coefficient (Wildman–Crippen LogP) is 2.30. The maximum absolute atomic E-state index is 12.5. The molecule has 1 N–H and O–H groups in total. The first-order chi connectivity index (χ1) is 16.1. The van der Waals surface area contributed by atoms with Gasteiger partial charge >= 0.3 is 0 Å². The van der Waals surface area contributed by atoms with Crippen molar-refractivity contribution >= 4 is 23.2 Å². The van der Waals surface area contributed by atoms with Crippen molar-refractivity contribution in [3.05, 3.63) is 53.9 Å². The molecule has 2 aromatic carbocycles. The highest BCUT2D eigenvalue weighted by molar-refractivity contribution is 6.02. The molecule has 0 spiro atoms. The lowest BCUT2D eigenvalue weighted by atomic mass is 10.1. The standard InChI is InChI=1S/C22H16N6O5/c23-10-14-3-1-2-4-15(14)24-19(29)11-28-20(30)8-6-16(26-28)22-25-21(27-33-22)13-5-7-17-18(9-13)32-12-31-17/h1-5,7,9H,6,8,11-12H2,(H,24,29). The molecule has 3 heterocycles. The van der Waals surface area contributed by atoms with Crippen LogP contribution in [0.5, 0.6) is 11.5 Å².